The van der Waals surface area contributed by atoms with E-state index in [0.29, 0.717) is 38.4 Å². The number of anilines is 1. The van der Waals surface area contributed by atoms with Gasteiger partial charge in [0.25, 0.3) is 0 Å². The van der Waals surface area contributed by atoms with E-state index in [1.54, 1.807) is 4.90 Å². The molecule has 0 saturated heterocycles. The highest BCUT2D eigenvalue weighted by atomic mass is 16.5. The van der Waals surface area contributed by atoms with E-state index in [1.165, 1.54) is 5.56 Å². The molecule has 1 unspecified atom stereocenters. The molecule has 3 N–H and O–H groups in total. The summed E-state index contributed by atoms with van der Waals surface area (Å²) in [7, 11) is 0. The third kappa shape index (κ3) is 7.07. The van der Waals surface area contributed by atoms with Crippen molar-refractivity contribution in [1.29, 1.82) is 0 Å². The van der Waals surface area contributed by atoms with Gasteiger partial charge in [-0.2, -0.15) is 0 Å². The minimum absolute atomic E-state index is 0.0370. The number of pyridine rings is 1. The second-order valence-corrected chi connectivity index (χ2v) is 10.3. The lowest BCUT2D eigenvalue weighted by Crippen LogP contribution is -2.40. The molecule has 39 heavy (non-hydrogen) atoms. The Morgan fingerprint density at radius 2 is 1.97 bits per heavy atom. The first kappa shape index (κ1) is 26.5. The van der Waals surface area contributed by atoms with Gasteiger partial charge in [-0.05, 0) is 78.5 Å². The van der Waals surface area contributed by atoms with Crippen LogP contribution in [0.2, 0.25) is 0 Å². The van der Waals surface area contributed by atoms with Crippen LogP contribution in [0.5, 0.6) is 5.75 Å². The summed E-state index contributed by atoms with van der Waals surface area (Å²) in [6, 6.07) is 19.9. The highest BCUT2D eigenvalue weighted by molar-refractivity contribution is 5.74. The summed E-state index contributed by atoms with van der Waals surface area (Å²) in [4.78, 5) is 31.2. The monoisotopic (exact) mass is 528 g/mol. The van der Waals surface area contributed by atoms with E-state index < -0.39 is 5.97 Å². The fraction of sp³-hybridized carbons (Fsp3) is 0.387. The van der Waals surface area contributed by atoms with Crippen LogP contribution in [0.15, 0.2) is 60.7 Å². The number of fused-ring (bicyclic) bond motifs is 2. The number of rotatable bonds is 9. The van der Waals surface area contributed by atoms with Crippen molar-refractivity contribution in [2.75, 3.05) is 25.0 Å². The maximum Gasteiger partial charge on any atom is 0.317 e. The number of aliphatic carboxylic acids is 1. The van der Waals surface area contributed by atoms with Crippen molar-refractivity contribution in [3.8, 4) is 5.75 Å². The number of hydrogen-bond acceptors (Lipinski definition) is 5. The summed E-state index contributed by atoms with van der Waals surface area (Å²) in [5, 5.41) is 15.9. The molecule has 2 amide bonds. The molecule has 8 nitrogen and oxygen atoms in total. The van der Waals surface area contributed by atoms with Crippen LogP contribution in [0.4, 0.5) is 10.6 Å². The molecule has 1 atom stereocenters. The van der Waals surface area contributed by atoms with Crippen molar-refractivity contribution in [2.45, 2.75) is 57.6 Å². The Balaban J connectivity index is 1.19. The average Bonchev–Trinajstić information content (AvgIpc) is 3.13. The van der Waals surface area contributed by atoms with Crippen LogP contribution < -0.4 is 15.4 Å². The highest BCUT2D eigenvalue weighted by Gasteiger charge is 2.27. The molecule has 2 aliphatic heterocycles. The van der Waals surface area contributed by atoms with Crippen molar-refractivity contribution in [3.63, 3.8) is 0 Å². The quantitative estimate of drug-likeness (QED) is 0.333. The number of carboxylic acid groups (broad SMARTS) is 1. The van der Waals surface area contributed by atoms with E-state index >= 15 is 0 Å². The predicted octanol–water partition coefficient (Wildman–Crippen LogP) is 5.13. The number of nitrogens with one attached hydrogen (secondary N) is 2. The van der Waals surface area contributed by atoms with Gasteiger partial charge in [0, 0.05) is 31.9 Å². The van der Waals surface area contributed by atoms with E-state index in [9.17, 15) is 14.7 Å². The molecule has 2 aliphatic rings. The second-order valence-electron chi connectivity index (χ2n) is 10.3. The molecule has 204 valence electrons. The van der Waals surface area contributed by atoms with E-state index in [-0.39, 0.29) is 18.4 Å². The van der Waals surface area contributed by atoms with Crippen molar-refractivity contribution in [3.05, 3.63) is 88.6 Å². The summed E-state index contributed by atoms with van der Waals surface area (Å²) in [6.07, 6.45) is 4.43. The van der Waals surface area contributed by atoms with Gasteiger partial charge in [-0.15, -0.1) is 0 Å². The second kappa shape index (κ2) is 12.7. The zero-order chi connectivity index (χ0) is 27.0. The molecule has 2 aromatic carbocycles. The maximum absolute atomic E-state index is 13.1. The van der Waals surface area contributed by atoms with E-state index in [2.05, 4.69) is 22.8 Å². The van der Waals surface area contributed by atoms with Gasteiger partial charge in [0.1, 0.15) is 18.2 Å². The molecule has 0 radical (unpaired) electrons. The van der Waals surface area contributed by atoms with Gasteiger partial charge < -0.3 is 25.4 Å². The Labute approximate surface area is 229 Å². The number of carbonyl (C=O) groups excluding carboxylic acids is 1. The third-order valence-corrected chi connectivity index (χ3v) is 7.46. The maximum atomic E-state index is 13.1. The minimum atomic E-state index is -0.834. The zero-order valence-electron chi connectivity index (χ0n) is 22.2. The van der Waals surface area contributed by atoms with Gasteiger partial charge in [-0.3, -0.25) is 4.79 Å². The fourth-order valence-electron chi connectivity index (χ4n) is 5.38. The van der Waals surface area contributed by atoms with Crippen molar-refractivity contribution in [1.82, 2.24) is 15.2 Å². The molecule has 5 rings (SSSR count). The Morgan fingerprint density at radius 3 is 2.82 bits per heavy atom. The number of aryl methyl sites for hydroxylation is 2. The number of ether oxygens (including phenoxy) is 1. The van der Waals surface area contributed by atoms with Gasteiger partial charge >= 0.3 is 12.0 Å². The van der Waals surface area contributed by atoms with E-state index in [4.69, 9.17) is 9.72 Å². The number of amides is 2. The lowest BCUT2D eigenvalue weighted by molar-refractivity contribution is -0.137. The molecule has 1 aromatic heterocycles. The first-order valence-electron chi connectivity index (χ1n) is 13.8. The molecule has 0 spiro atoms. The van der Waals surface area contributed by atoms with Crippen LogP contribution in [0.25, 0.3) is 0 Å². The van der Waals surface area contributed by atoms with E-state index in [1.807, 2.05) is 48.5 Å². The lowest BCUT2D eigenvalue weighted by Gasteiger charge is -2.22. The van der Waals surface area contributed by atoms with E-state index in [0.717, 1.165) is 60.4 Å². The van der Waals surface area contributed by atoms with Gasteiger partial charge in [0.2, 0.25) is 0 Å². The summed E-state index contributed by atoms with van der Waals surface area (Å²) < 4.78 is 6.02. The minimum Gasteiger partial charge on any atom is -0.489 e. The highest BCUT2D eigenvalue weighted by Crippen LogP contribution is 2.33. The molecular formula is C31H36N4O4. The van der Waals surface area contributed by atoms with Crippen LogP contribution in [-0.2, 0) is 30.8 Å². The van der Waals surface area contributed by atoms with Crippen molar-refractivity contribution >= 4 is 17.8 Å². The fourth-order valence-corrected chi connectivity index (χ4v) is 5.38. The van der Waals surface area contributed by atoms with Gasteiger partial charge in [0.05, 0.1) is 6.42 Å². The summed E-state index contributed by atoms with van der Waals surface area (Å²) >= 11 is 0. The standard InChI is InChI=1S/C31H36N4O4/c36-29(37)19-24-14-17-35(20-25-18-27(12-13-28(24)25)39-21-22-6-2-1-3-7-22)31(38)33-16-5-9-26-11-10-23-8-4-15-32-30(23)34-26/h1-3,6-7,10-13,18,24H,4-5,8-9,14-17,19-21H2,(H,32,34)(H,33,38)(H,36,37). The van der Waals surface area contributed by atoms with Gasteiger partial charge in [0.15, 0.2) is 0 Å². The van der Waals surface area contributed by atoms with Gasteiger partial charge in [-0.1, -0.05) is 42.5 Å². The molecule has 0 saturated carbocycles. The van der Waals surface area contributed by atoms with Crippen molar-refractivity contribution < 1.29 is 19.4 Å². The van der Waals surface area contributed by atoms with Crippen LogP contribution in [0.3, 0.4) is 0 Å². The smallest absolute Gasteiger partial charge is 0.317 e. The number of benzene rings is 2. The number of hydrogen-bond donors (Lipinski definition) is 3. The normalized spacial score (nSPS) is 16.3. The van der Waals surface area contributed by atoms with Gasteiger partial charge in [-0.25, -0.2) is 9.78 Å². The molecular weight excluding hydrogens is 492 g/mol. The third-order valence-electron chi connectivity index (χ3n) is 7.46. The molecule has 8 heteroatoms. The Hall–Kier alpha value is -4.07. The zero-order valence-corrected chi connectivity index (χ0v) is 22.2. The molecule has 3 heterocycles. The number of urea groups is 1. The molecule has 0 aliphatic carbocycles. The Kier molecular flexibility index (Phi) is 8.61. The Morgan fingerprint density at radius 1 is 1.10 bits per heavy atom. The van der Waals surface area contributed by atoms with Crippen LogP contribution >= 0.6 is 0 Å². The number of carbonyl (C=O) groups is 2. The molecule has 0 fully saturated rings. The number of aromatic nitrogens is 1. The first-order chi connectivity index (χ1) is 19.0. The summed E-state index contributed by atoms with van der Waals surface area (Å²) in [6.45, 7) is 2.87. The molecule has 0 bridgehead atoms. The first-order valence-corrected chi connectivity index (χ1v) is 13.8. The topological polar surface area (TPSA) is 104 Å². The molecule has 3 aromatic rings. The SMILES string of the molecule is O=C(O)CC1CCN(C(=O)NCCCc2ccc3c(n2)NCCC3)Cc2cc(OCc3ccccc3)ccc21. The Bertz CT molecular complexity index is 1300. The largest absolute Gasteiger partial charge is 0.489 e. The van der Waals surface area contributed by atoms with Crippen LogP contribution in [-0.4, -0.2) is 46.6 Å². The number of nitrogens with zero attached hydrogens (tertiary/aromatic N) is 2. The number of carboxylic acids is 1. The van der Waals surface area contributed by atoms with Crippen LogP contribution in [0, 0.1) is 0 Å². The van der Waals surface area contributed by atoms with Crippen molar-refractivity contribution in [2.24, 2.45) is 0 Å². The predicted molar refractivity (Wildman–Crippen MR) is 150 cm³/mol. The lowest BCUT2D eigenvalue weighted by atomic mass is 9.90. The van der Waals surface area contributed by atoms with Crippen LogP contribution in [0.1, 0.15) is 59.5 Å². The summed E-state index contributed by atoms with van der Waals surface area (Å²) in [5.41, 5.74) is 5.28. The average molecular weight is 529 g/mol. The summed E-state index contributed by atoms with van der Waals surface area (Å²) in [5.74, 6) is 0.719.